The molecule has 54 heavy (non-hydrogen) atoms. The molecular formula is C52H36N2. The van der Waals surface area contributed by atoms with Crippen LogP contribution in [-0.2, 0) is 0 Å². The molecule has 0 radical (unpaired) electrons. The largest absolute Gasteiger partial charge is 0.310 e. The van der Waals surface area contributed by atoms with Crippen LogP contribution in [-0.4, -0.2) is 0 Å². The summed E-state index contributed by atoms with van der Waals surface area (Å²) in [7, 11) is 0. The normalized spacial score (nSPS) is 11.3. The Morgan fingerprint density at radius 3 is 1.15 bits per heavy atom. The molecule has 0 aromatic heterocycles. The minimum Gasteiger partial charge on any atom is -0.310 e. The van der Waals surface area contributed by atoms with Gasteiger partial charge in [0, 0.05) is 39.2 Å². The van der Waals surface area contributed by atoms with Crippen molar-refractivity contribution in [3.8, 4) is 11.1 Å². The van der Waals surface area contributed by atoms with Crippen LogP contribution in [0.4, 0.5) is 34.1 Å². The van der Waals surface area contributed by atoms with Gasteiger partial charge >= 0.3 is 0 Å². The van der Waals surface area contributed by atoms with Crippen molar-refractivity contribution in [3.63, 3.8) is 0 Å². The number of hydrogen-bond donors (Lipinski definition) is 0. The molecule has 0 saturated heterocycles. The highest BCUT2D eigenvalue weighted by Crippen LogP contribution is 2.44. The van der Waals surface area contributed by atoms with Gasteiger partial charge in [-0.3, -0.25) is 0 Å². The Hall–Kier alpha value is -7.16. The second kappa shape index (κ2) is 13.4. The van der Waals surface area contributed by atoms with Crippen molar-refractivity contribution in [1.82, 2.24) is 0 Å². The van der Waals surface area contributed by atoms with Crippen molar-refractivity contribution in [1.29, 1.82) is 0 Å². The smallest absolute Gasteiger partial charge is 0.0618 e. The van der Waals surface area contributed by atoms with E-state index in [1.807, 2.05) is 0 Å². The lowest BCUT2D eigenvalue weighted by atomic mass is 9.98. The molecule has 0 aliphatic rings. The fourth-order valence-corrected chi connectivity index (χ4v) is 7.91. The first-order valence-corrected chi connectivity index (χ1v) is 18.5. The quantitative estimate of drug-likeness (QED) is 0.154. The zero-order chi connectivity index (χ0) is 35.8. The summed E-state index contributed by atoms with van der Waals surface area (Å²) in [5.74, 6) is 0. The Kier molecular flexibility index (Phi) is 7.85. The molecular weight excluding hydrogens is 653 g/mol. The zero-order valence-electron chi connectivity index (χ0n) is 29.7. The van der Waals surface area contributed by atoms with Crippen LogP contribution < -0.4 is 9.80 Å². The van der Waals surface area contributed by atoms with Crippen LogP contribution in [0.15, 0.2) is 218 Å². The van der Waals surface area contributed by atoms with Crippen molar-refractivity contribution in [2.24, 2.45) is 0 Å². The van der Waals surface area contributed by atoms with Crippen LogP contribution in [0.2, 0.25) is 0 Å². The van der Waals surface area contributed by atoms with Gasteiger partial charge in [-0.1, -0.05) is 140 Å². The van der Waals surface area contributed by atoms with E-state index in [0.717, 1.165) is 28.4 Å². The van der Waals surface area contributed by atoms with Gasteiger partial charge in [0.15, 0.2) is 0 Å². The second-order valence-electron chi connectivity index (χ2n) is 13.8. The Balaban J connectivity index is 1.03. The number of fused-ring (bicyclic) bond motifs is 4. The molecule has 10 aromatic carbocycles. The summed E-state index contributed by atoms with van der Waals surface area (Å²) >= 11 is 0. The predicted molar refractivity (Wildman–Crippen MR) is 231 cm³/mol. The van der Waals surface area contributed by atoms with Crippen LogP contribution in [0.1, 0.15) is 0 Å². The first-order valence-electron chi connectivity index (χ1n) is 18.5. The summed E-state index contributed by atoms with van der Waals surface area (Å²) in [6.07, 6.45) is 0. The summed E-state index contributed by atoms with van der Waals surface area (Å²) in [6.45, 7) is 0. The van der Waals surface area contributed by atoms with E-state index in [-0.39, 0.29) is 0 Å². The highest BCUT2D eigenvalue weighted by Gasteiger charge is 2.19. The zero-order valence-corrected chi connectivity index (χ0v) is 29.7. The van der Waals surface area contributed by atoms with Gasteiger partial charge in [-0.15, -0.1) is 0 Å². The van der Waals surface area contributed by atoms with E-state index in [9.17, 15) is 0 Å². The molecule has 0 amide bonds. The monoisotopic (exact) mass is 688 g/mol. The summed E-state index contributed by atoms with van der Waals surface area (Å²) in [5.41, 5.74) is 9.13. The van der Waals surface area contributed by atoms with Crippen LogP contribution in [0.25, 0.3) is 54.2 Å². The van der Waals surface area contributed by atoms with Crippen LogP contribution in [0, 0.1) is 0 Å². The topological polar surface area (TPSA) is 6.48 Å². The van der Waals surface area contributed by atoms with Crippen molar-refractivity contribution >= 4 is 77.2 Å². The van der Waals surface area contributed by atoms with Gasteiger partial charge < -0.3 is 9.80 Å². The van der Waals surface area contributed by atoms with Crippen molar-refractivity contribution in [2.45, 2.75) is 0 Å². The number of anilines is 6. The summed E-state index contributed by atoms with van der Waals surface area (Å²) in [4.78, 5) is 4.75. The lowest BCUT2D eigenvalue weighted by molar-refractivity contribution is 1.29. The fraction of sp³-hybridized carbons (Fsp3) is 0. The van der Waals surface area contributed by atoms with E-state index in [1.165, 1.54) is 59.9 Å². The maximum Gasteiger partial charge on any atom is 0.0618 e. The van der Waals surface area contributed by atoms with E-state index in [2.05, 4.69) is 228 Å². The van der Waals surface area contributed by atoms with Gasteiger partial charge in [0.25, 0.3) is 0 Å². The molecule has 0 heterocycles. The molecule has 0 fully saturated rings. The molecule has 0 aliphatic heterocycles. The first-order chi connectivity index (χ1) is 26.8. The molecule has 0 atom stereocenters. The summed E-state index contributed by atoms with van der Waals surface area (Å²) < 4.78 is 0. The first kappa shape index (κ1) is 31.6. The molecule has 0 unspecified atom stereocenters. The third kappa shape index (κ3) is 5.71. The lowest BCUT2D eigenvalue weighted by Gasteiger charge is -2.28. The van der Waals surface area contributed by atoms with Crippen molar-refractivity contribution in [2.75, 3.05) is 9.80 Å². The van der Waals surface area contributed by atoms with Crippen molar-refractivity contribution < 1.29 is 0 Å². The maximum atomic E-state index is 2.40. The molecule has 10 rings (SSSR count). The highest BCUT2D eigenvalue weighted by molar-refractivity contribution is 6.14. The van der Waals surface area contributed by atoms with Gasteiger partial charge in [0.05, 0.1) is 5.69 Å². The van der Waals surface area contributed by atoms with Gasteiger partial charge in [0.1, 0.15) is 0 Å². The maximum absolute atomic E-state index is 2.40. The summed E-state index contributed by atoms with van der Waals surface area (Å²) in [6, 6.07) is 78.9. The van der Waals surface area contributed by atoms with E-state index in [1.54, 1.807) is 0 Å². The molecule has 0 saturated carbocycles. The fourth-order valence-electron chi connectivity index (χ4n) is 7.91. The number of rotatable bonds is 7. The second-order valence-corrected chi connectivity index (χ2v) is 13.8. The van der Waals surface area contributed by atoms with E-state index in [0.29, 0.717) is 0 Å². The van der Waals surface area contributed by atoms with Gasteiger partial charge in [-0.05, 0) is 122 Å². The lowest BCUT2D eigenvalue weighted by Crippen LogP contribution is -2.11. The van der Waals surface area contributed by atoms with Crippen LogP contribution in [0.5, 0.6) is 0 Å². The van der Waals surface area contributed by atoms with E-state index < -0.39 is 0 Å². The molecule has 2 nitrogen and oxygen atoms in total. The molecule has 10 aromatic rings. The Labute approximate surface area is 315 Å². The molecule has 0 N–H and O–H groups in total. The number of nitrogens with zero attached hydrogens (tertiary/aromatic N) is 2. The Morgan fingerprint density at radius 2 is 0.593 bits per heavy atom. The predicted octanol–water partition coefficient (Wildman–Crippen LogP) is 14.9. The van der Waals surface area contributed by atoms with Gasteiger partial charge in [-0.2, -0.15) is 0 Å². The van der Waals surface area contributed by atoms with E-state index in [4.69, 9.17) is 0 Å². The molecule has 254 valence electrons. The Bertz CT molecular complexity index is 2860. The van der Waals surface area contributed by atoms with Crippen molar-refractivity contribution in [3.05, 3.63) is 218 Å². The summed E-state index contributed by atoms with van der Waals surface area (Å²) in [5, 5.41) is 9.88. The third-order valence-electron chi connectivity index (χ3n) is 10.5. The number of hydrogen-bond acceptors (Lipinski definition) is 2. The SMILES string of the molecule is c1ccc(N(c2ccc(-c3ccc(N(c4ccccc4)c4c5ccccc5cc5ccccc45)cc3)cc2)c2ccc3cc4ccccc4cc3c2)cc1. The van der Waals surface area contributed by atoms with E-state index >= 15 is 0 Å². The molecule has 0 aliphatic carbocycles. The number of para-hydroxylation sites is 2. The van der Waals surface area contributed by atoms with Gasteiger partial charge in [0.2, 0.25) is 0 Å². The molecule has 0 spiro atoms. The minimum atomic E-state index is 1.11. The van der Waals surface area contributed by atoms with Crippen LogP contribution in [0.3, 0.4) is 0 Å². The van der Waals surface area contributed by atoms with Crippen LogP contribution >= 0.6 is 0 Å². The highest BCUT2D eigenvalue weighted by atomic mass is 15.1. The number of benzene rings is 10. The third-order valence-corrected chi connectivity index (χ3v) is 10.5. The molecule has 2 heteroatoms. The minimum absolute atomic E-state index is 1.11. The average molecular weight is 689 g/mol. The van der Waals surface area contributed by atoms with Gasteiger partial charge in [-0.25, -0.2) is 0 Å². The standard InChI is InChI=1S/C52H36N2/c1-3-17-45(18-4-1)53(49-32-27-41-33-39-13-7-8-14-40(39)34-44(41)36-49)47-28-23-37(24-29-47)38-25-30-48(31-26-38)54(46-19-5-2-6-20-46)52-50-21-11-9-15-42(50)35-43-16-10-12-22-51(43)52/h1-36H. The average Bonchev–Trinajstić information content (AvgIpc) is 3.24. The Morgan fingerprint density at radius 1 is 0.222 bits per heavy atom. The molecule has 0 bridgehead atoms.